The monoisotopic (exact) mass is 298 g/mol. The van der Waals surface area contributed by atoms with E-state index in [0.29, 0.717) is 6.61 Å². The van der Waals surface area contributed by atoms with Crippen LogP contribution in [0, 0.1) is 11.3 Å². The number of amides is 1. The van der Waals surface area contributed by atoms with Gasteiger partial charge >= 0.3 is 0 Å². The number of unbranched alkanes of at least 4 members (excludes halogenated alkanes) is 1. The van der Waals surface area contributed by atoms with Crippen LogP contribution < -0.4 is 4.74 Å². The summed E-state index contributed by atoms with van der Waals surface area (Å²) in [5, 5.41) is 9.23. The van der Waals surface area contributed by atoms with Crippen LogP contribution in [0.1, 0.15) is 38.2 Å². The molecule has 1 heterocycles. The van der Waals surface area contributed by atoms with Crippen molar-refractivity contribution in [1.82, 2.24) is 4.90 Å². The lowest BCUT2D eigenvalue weighted by molar-refractivity contribution is -0.125. The Morgan fingerprint density at radius 1 is 1.32 bits per heavy atom. The second-order valence-corrected chi connectivity index (χ2v) is 5.44. The van der Waals surface area contributed by atoms with Crippen molar-refractivity contribution < 1.29 is 9.53 Å². The number of nitriles is 1. The Morgan fingerprint density at radius 3 is 2.59 bits per heavy atom. The average Bonchev–Trinajstić information content (AvgIpc) is 3.08. The van der Waals surface area contributed by atoms with E-state index in [1.807, 2.05) is 30.3 Å². The van der Waals surface area contributed by atoms with Crippen LogP contribution >= 0.6 is 0 Å². The maximum absolute atomic E-state index is 12.2. The van der Waals surface area contributed by atoms with Crippen LogP contribution in [0.5, 0.6) is 5.75 Å². The highest BCUT2D eigenvalue weighted by atomic mass is 16.5. The van der Waals surface area contributed by atoms with Gasteiger partial charge in [-0.2, -0.15) is 5.26 Å². The van der Waals surface area contributed by atoms with Crippen LogP contribution in [0.3, 0.4) is 0 Å². The first-order valence-corrected chi connectivity index (χ1v) is 7.88. The fourth-order valence-corrected chi connectivity index (χ4v) is 2.39. The van der Waals surface area contributed by atoms with E-state index in [9.17, 15) is 10.1 Å². The van der Waals surface area contributed by atoms with Crippen LogP contribution in [-0.2, 0) is 4.79 Å². The Balaban J connectivity index is 2.03. The summed E-state index contributed by atoms with van der Waals surface area (Å²) >= 11 is 0. The molecular weight excluding hydrogens is 276 g/mol. The van der Waals surface area contributed by atoms with Gasteiger partial charge in [0, 0.05) is 13.1 Å². The maximum Gasteiger partial charge on any atom is 0.264 e. The number of nitrogens with zero attached hydrogens (tertiary/aromatic N) is 2. The van der Waals surface area contributed by atoms with E-state index in [2.05, 4.69) is 6.92 Å². The molecule has 1 aliphatic heterocycles. The van der Waals surface area contributed by atoms with E-state index >= 15 is 0 Å². The molecule has 1 saturated heterocycles. The summed E-state index contributed by atoms with van der Waals surface area (Å²) in [6.07, 6.45) is 5.83. The molecule has 4 heteroatoms. The van der Waals surface area contributed by atoms with Crippen LogP contribution in [-0.4, -0.2) is 30.5 Å². The number of ether oxygens (including phenoxy) is 1. The molecule has 0 N–H and O–H groups in total. The highest BCUT2D eigenvalue weighted by Gasteiger charge is 2.21. The van der Waals surface area contributed by atoms with Gasteiger partial charge in [0.05, 0.1) is 6.61 Å². The van der Waals surface area contributed by atoms with Crippen molar-refractivity contribution in [3.63, 3.8) is 0 Å². The van der Waals surface area contributed by atoms with Crippen LogP contribution in [0.2, 0.25) is 0 Å². The molecule has 0 atom stereocenters. The molecule has 0 saturated carbocycles. The van der Waals surface area contributed by atoms with Crippen LogP contribution in [0.25, 0.3) is 6.08 Å². The summed E-state index contributed by atoms with van der Waals surface area (Å²) in [7, 11) is 0. The van der Waals surface area contributed by atoms with E-state index in [0.717, 1.165) is 50.1 Å². The summed E-state index contributed by atoms with van der Waals surface area (Å²) < 4.78 is 5.60. The predicted octanol–water partition coefficient (Wildman–Crippen LogP) is 3.39. The lowest BCUT2D eigenvalue weighted by Gasteiger charge is -2.14. The number of likely N-dealkylation sites (tertiary alicyclic amines) is 1. The fourth-order valence-electron chi connectivity index (χ4n) is 2.39. The molecule has 0 bridgehead atoms. The van der Waals surface area contributed by atoms with Crippen molar-refractivity contribution in [3.05, 3.63) is 35.4 Å². The second kappa shape index (κ2) is 8.23. The van der Waals surface area contributed by atoms with Gasteiger partial charge in [0.25, 0.3) is 5.91 Å². The van der Waals surface area contributed by atoms with E-state index < -0.39 is 0 Å². The molecule has 1 aromatic carbocycles. The molecule has 4 nitrogen and oxygen atoms in total. The van der Waals surface area contributed by atoms with Crippen molar-refractivity contribution >= 4 is 12.0 Å². The molecule has 2 rings (SSSR count). The zero-order valence-corrected chi connectivity index (χ0v) is 13.0. The first-order chi connectivity index (χ1) is 10.7. The topological polar surface area (TPSA) is 53.3 Å². The largest absolute Gasteiger partial charge is 0.494 e. The fraction of sp³-hybridized carbons (Fsp3) is 0.444. The first kappa shape index (κ1) is 16.1. The highest BCUT2D eigenvalue weighted by molar-refractivity contribution is 6.01. The van der Waals surface area contributed by atoms with Crippen LogP contribution in [0.4, 0.5) is 0 Å². The van der Waals surface area contributed by atoms with Gasteiger partial charge in [-0.05, 0) is 43.0 Å². The smallest absolute Gasteiger partial charge is 0.264 e. The lowest BCUT2D eigenvalue weighted by Crippen LogP contribution is -2.28. The number of hydrogen-bond donors (Lipinski definition) is 0. The van der Waals surface area contributed by atoms with Crippen LogP contribution in [0.15, 0.2) is 29.8 Å². The molecule has 0 aromatic heterocycles. The summed E-state index contributed by atoms with van der Waals surface area (Å²) in [4.78, 5) is 14.0. The molecule has 1 fully saturated rings. The van der Waals surface area contributed by atoms with Gasteiger partial charge in [-0.15, -0.1) is 0 Å². The third kappa shape index (κ3) is 4.36. The summed E-state index contributed by atoms with van der Waals surface area (Å²) in [5.41, 5.74) is 1.04. The third-order valence-corrected chi connectivity index (χ3v) is 3.70. The molecule has 1 aliphatic rings. The first-order valence-electron chi connectivity index (χ1n) is 7.88. The van der Waals surface area contributed by atoms with Crippen molar-refractivity contribution in [3.8, 4) is 11.8 Å². The minimum atomic E-state index is -0.164. The Bertz CT molecular complexity index is 564. The van der Waals surface area contributed by atoms with Gasteiger partial charge in [-0.1, -0.05) is 25.5 Å². The zero-order valence-electron chi connectivity index (χ0n) is 13.0. The highest BCUT2D eigenvalue weighted by Crippen LogP contribution is 2.17. The number of rotatable bonds is 6. The van der Waals surface area contributed by atoms with E-state index in [4.69, 9.17) is 4.74 Å². The quantitative estimate of drug-likeness (QED) is 0.459. The molecule has 1 amide bonds. The standard InChI is InChI=1S/C18H22N2O2/c1-2-3-12-22-17-8-6-15(7-9-17)13-16(14-19)18(21)20-10-4-5-11-20/h6-9,13H,2-5,10-12H2,1H3/b16-13+. The molecule has 0 radical (unpaired) electrons. The van der Waals surface area contributed by atoms with Crippen molar-refractivity contribution in [2.45, 2.75) is 32.6 Å². The van der Waals surface area contributed by atoms with Gasteiger partial charge in [0.15, 0.2) is 0 Å². The molecular formula is C18H22N2O2. The van der Waals surface area contributed by atoms with Gasteiger partial charge < -0.3 is 9.64 Å². The van der Waals surface area contributed by atoms with Gasteiger partial charge in [0.1, 0.15) is 17.4 Å². The normalized spacial score (nSPS) is 14.7. The molecule has 1 aromatic rings. The molecule has 0 spiro atoms. The summed E-state index contributed by atoms with van der Waals surface area (Å²) in [6, 6.07) is 9.51. The molecule has 116 valence electrons. The second-order valence-electron chi connectivity index (χ2n) is 5.44. The van der Waals surface area contributed by atoms with E-state index in [-0.39, 0.29) is 11.5 Å². The van der Waals surface area contributed by atoms with Crippen molar-refractivity contribution in [2.75, 3.05) is 19.7 Å². The van der Waals surface area contributed by atoms with Gasteiger partial charge in [0.2, 0.25) is 0 Å². The Kier molecular flexibility index (Phi) is 6.02. The van der Waals surface area contributed by atoms with Gasteiger partial charge in [-0.25, -0.2) is 0 Å². The lowest BCUT2D eigenvalue weighted by atomic mass is 10.1. The molecule has 0 aliphatic carbocycles. The molecule has 22 heavy (non-hydrogen) atoms. The zero-order chi connectivity index (χ0) is 15.8. The number of hydrogen-bond acceptors (Lipinski definition) is 3. The predicted molar refractivity (Wildman–Crippen MR) is 86.2 cm³/mol. The SMILES string of the molecule is CCCCOc1ccc(/C=C(\C#N)C(=O)N2CCCC2)cc1. The number of benzene rings is 1. The Hall–Kier alpha value is -2.28. The van der Waals surface area contributed by atoms with Crippen molar-refractivity contribution in [1.29, 1.82) is 5.26 Å². The minimum Gasteiger partial charge on any atom is -0.494 e. The maximum atomic E-state index is 12.2. The minimum absolute atomic E-state index is 0.164. The number of carbonyl (C=O) groups is 1. The average molecular weight is 298 g/mol. The van der Waals surface area contributed by atoms with E-state index in [1.54, 1.807) is 11.0 Å². The summed E-state index contributed by atoms with van der Waals surface area (Å²) in [5.74, 6) is 0.651. The van der Waals surface area contributed by atoms with E-state index in [1.165, 1.54) is 0 Å². The molecule has 0 unspecified atom stereocenters. The Morgan fingerprint density at radius 2 is 2.00 bits per heavy atom. The van der Waals surface area contributed by atoms with Crippen molar-refractivity contribution in [2.24, 2.45) is 0 Å². The third-order valence-electron chi connectivity index (χ3n) is 3.70. The number of carbonyl (C=O) groups excluding carboxylic acids is 1. The Labute approximate surface area is 132 Å². The van der Waals surface area contributed by atoms with Gasteiger partial charge in [-0.3, -0.25) is 4.79 Å². The summed E-state index contributed by atoms with van der Waals surface area (Å²) in [6.45, 7) is 4.34.